The van der Waals surface area contributed by atoms with Gasteiger partial charge in [0, 0.05) is 24.2 Å². The van der Waals surface area contributed by atoms with Gasteiger partial charge in [0.25, 0.3) is 11.8 Å². The molecule has 8 heteroatoms. The van der Waals surface area contributed by atoms with E-state index in [2.05, 4.69) is 10.6 Å². The number of carbonyl (C=O) groups is 2. The van der Waals surface area contributed by atoms with Crippen LogP contribution in [0.2, 0.25) is 0 Å². The number of nitrogens with zero attached hydrogens (tertiary/aromatic N) is 2. The summed E-state index contributed by atoms with van der Waals surface area (Å²) >= 11 is 0. The van der Waals surface area contributed by atoms with Crippen LogP contribution in [0.1, 0.15) is 43.9 Å². The molecule has 0 aliphatic rings. The fourth-order valence-electron chi connectivity index (χ4n) is 3.98. The van der Waals surface area contributed by atoms with Crippen molar-refractivity contribution in [3.8, 4) is 0 Å². The van der Waals surface area contributed by atoms with Gasteiger partial charge in [-0.25, -0.2) is 8.78 Å². The average molecular weight is 495 g/mol. The number of likely N-dealkylation sites (N-methyl/N-ethyl adjacent to an activating group) is 2. The summed E-state index contributed by atoms with van der Waals surface area (Å²) in [5.74, 6) is -1.23. The number of carbonyl (C=O) groups excluding carboxylic acids is 2. The van der Waals surface area contributed by atoms with Gasteiger partial charge < -0.3 is 20.4 Å². The topological polar surface area (TPSA) is 64.7 Å². The minimum atomic E-state index is -0.327. The molecular weight excluding hydrogens is 462 g/mol. The van der Waals surface area contributed by atoms with Crippen LogP contribution >= 0.6 is 0 Å². The van der Waals surface area contributed by atoms with Crippen LogP contribution in [0.4, 0.5) is 8.78 Å². The fraction of sp³-hybridized carbons (Fsp3) is 0.286. The van der Waals surface area contributed by atoms with Crippen molar-refractivity contribution in [2.75, 3.05) is 41.3 Å². The zero-order valence-corrected chi connectivity index (χ0v) is 21.0. The molecular formula is C28H32F2N4O2. The molecule has 0 saturated heterocycles. The molecule has 0 bridgehead atoms. The molecule has 2 N–H and O–H groups in total. The lowest BCUT2D eigenvalue weighted by molar-refractivity contribution is 0.0930. The molecule has 2 unspecified atom stereocenters. The van der Waals surface area contributed by atoms with Crippen LogP contribution in [0.25, 0.3) is 0 Å². The Kier molecular flexibility index (Phi) is 9.27. The van der Waals surface area contributed by atoms with Crippen molar-refractivity contribution in [2.45, 2.75) is 12.1 Å². The Hall–Kier alpha value is -3.62. The summed E-state index contributed by atoms with van der Waals surface area (Å²) in [7, 11) is 7.46. The van der Waals surface area contributed by atoms with Crippen LogP contribution in [-0.2, 0) is 0 Å². The smallest absolute Gasteiger partial charge is 0.251 e. The van der Waals surface area contributed by atoms with Crippen LogP contribution in [0.15, 0.2) is 72.8 Å². The van der Waals surface area contributed by atoms with Gasteiger partial charge in [0.1, 0.15) is 11.6 Å². The lowest BCUT2D eigenvalue weighted by Gasteiger charge is -2.25. The first-order valence-corrected chi connectivity index (χ1v) is 11.7. The standard InChI is InChI=1S/C28H32F2N4O2/c1-33(2)25(21-7-5-9-23(29)15-21)17-31-27(35)19-11-13-20(14-12-19)28(36)32-18-26(34(3)4)22-8-6-10-24(30)16-22/h5-16,25-26H,17-18H2,1-4H3,(H,31,35)(H,32,36). The Labute approximate surface area is 210 Å². The summed E-state index contributed by atoms with van der Waals surface area (Å²) in [6, 6.07) is 18.6. The van der Waals surface area contributed by atoms with Gasteiger partial charge in [0.15, 0.2) is 0 Å². The first-order chi connectivity index (χ1) is 17.2. The van der Waals surface area contributed by atoms with Crippen LogP contribution < -0.4 is 10.6 Å². The van der Waals surface area contributed by atoms with Gasteiger partial charge in [-0.1, -0.05) is 24.3 Å². The van der Waals surface area contributed by atoms with Crippen molar-refractivity contribution in [1.29, 1.82) is 0 Å². The molecule has 190 valence electrons. The highest BCUT2D eigenvalue weighted by Gasteiger charge is 2.18. The summed E-state index contributed by atoms with van der Waals surface area (Å²) in [5, 5.41) is 5.77. The second-order valence-corrected chi connectivity index (χ2v) is 9.07. The van der Waals surface area contributed by atoms with Crippen molar-refractivity contribution in [3.63, 3.8) is 0 Å². The van der Waals surface area contributed by atoms with Crippen molar-refractivity contribution in [1.82, 2.24) is 20.4 Å². The third-order valence-electron chi connectivity index (χ3n) is 6.03. The quantitative estimate of drug-likeness (QED) is 0.447. The summed E-state index contributed by atoms with van der Waals surface area (Å²) in [4.78, 5) is 29.2. The van der Waals surface area contributed by atoms with Crippen LogP contribution in [0.3, 0.4) is 0 Å². The maximum absolute atomic E-state index is 13.6. The SMILES string of the molecule is CN(C)C(CNC(=O)c1ccc(C(=O)NCC(c2cccc(F)c2)N(C)C)cc1)c1cccc(F)c1. The lowest BCUT2D eigenvalue weighted by Crippen LogP contribution is -2.35. The predicted molar refractivity (Wildman–Crippen MR) is 137 cm³/mol. The number of rotatable bonds is 10. The molecule has 0 aliphatic carbocycles. The summed E-state index contributed by atoms with van der Waals surface area (Å²) < 4.78 is 27.3. The molecule has 36 heavy (non-hydrogen) atoms. The van der Waals surface area contributed by atoms with Crippen molar-refractivity contribution in [3.05, 3.63) is 107 Å². The monoisotopic (exact) mass is 494 g/mol. The van der Waals surface area contributed by atoms with Crippen LogP contribution in [-0.4, -0.2) is 62.9 Å². The van der Waals surface area contributed by atoms with Gasteiger partial charge in [-0.05, 0) is 87.8 Å². The molecule has 0 aromatic heterocycles. The minimum Gasteiger partial charge on any atom is -0.350 e. The largest absolute Gasteiger partial charge is 0.350 e. The molecule has 0 aliphatic heterocycles. The van der Waals surface area contributed by atoms with E-state index in [4.69, 9.17) is 0 Å². The van der Waals surface area contributed by atoms with E-state index in [1.165, 1.54) is 24.3 Å². The summed E-state index contributed by atoms with van der Waals surface area (Å²) in [6.45, 7) is 0.590. The van der Waals surface area contributed by atoms with Gasteiger partial charge >= 0.3 is 0 Å². The average Bonchev–Trinajstić information content (AvgIpc) is 2.84. The van der Waals surface area contributed by atoms with E-state index in [0.29, 0.717) is 24.2 Å². The van der Waals surface area contributed by atoms with Crippen molar-refractivity contribution < 1.29 is 18.4 Å². The molecule has 3 rings (SSSR count). The number of hydrogen-bond donors (Lipinski definition) is 2. The number of nitrogens with one attached hydrogen (secondary N) is 2. The number of amides is 2. The fourth-order valence-corrected chi connectivity index (χ4v) is 3.98. The van der Waals surface area contributed by atoms with Crippen molar-refractivity contribution in [2.24, 2.45) is 0 Å². The Bertz CT molecular complexity index is 1090. The second-order valence-electron chi connectivity index (χ2n) is 9.07. The maximum Gasteiger partial charge on any atom is 0.251 e. The molecule has 3 aromatic rings. The van der Waals surface area contributed by atoms with Crippen LogP contribution in [0.5, 0.6) is 0 Å². The number of hydrogen-bond acceptors (Lipinski definition) is 4. The summed E-state index contributed by atoms with van der Waals surface area (Å²) in [6.07, 6.45) is 0. The van der Waals surface area contributed by atoms with E-state index in [-0.39, 0.29) is 35.5 Å². The molecule has 2 atom stereocenters. The van der Waals surface area contributed by atoms with Gasteiger partial charge in [-0.3, -0.25) is 9.59 Å². The van der Waals surface area contributed by atoms with Gasteiger partial charge in [-0.15, -0.1) is 0 Å². The molecule has 0 saturated carbocycles. The molecule has 0 radical (unpaired) electrons. The zero-order valence-electron chi connectivity index (χ0n) is 21.0. The van der Waals surface area contributed by atoms with Gasteiger partial charge in [-0.2, -0.15) is 0 Å². The van der Waals surface area contributed by atoms with Crippen LogP contribution in [0, 0.1) is 11.6 Å². The number of benzene rings is 3. The van der Waals surface area contributed by atoms with Gasteiger partial charge in [0.2, 0.25) is 0 Å². The Balaban J connectivity index is 1.59. The van der Waals surface area contributed by atoms with E-state index in [1.54, 1.807) is 36.4 Å². The lowest BCUT2D eigenvalue weighted by atomic mass is 10.0. The first-order valence-electron chi connectivity index (χ1n) is 11.7. The predicted octanol–water partition coefficient (Wildman–Crippen LogP) is 4.03. The van der Waals surface area contributed by atoms with E-state index in [0.717, 1.165) is 11.1 Å². The normalized spacial score (nSPS) is 12.9. The molecule has 0 fully saturated rings. The van der Waals surface area contributed by atoms with E-state index in [1.807, 2.05) is 50.1 Å². The Morgan fingerprint density at radius 2 is 1.03 bits per heavy atom. The molecule has 0 heterocycles. The van der Waals surface area contributed by atoms with E-state index >= 15 is 0 Å². The summed E-state index contributed by atoms with van der Waals surface area (Å²) in [5.41, 5.74) is 2.35. The molecule has 3 aromatic carbocycles. The Morgan fingerprint density at radius 3 is 1.33 bits per heavy atom. The maximum atomic E-state index is 13.6. The highest BCUT2D eigenvalue weighted by molar-refractivity contribution is 5.97. The third-order valence-corrected chi connectivity index (χ3v) is 6.03. The highest BCUT2D eigenvalue weighted by atomic mass is 19.1. The first kappa shape index (κ1) is 27.0. The number of halogens is 2. The van der Waals surface area contributed by atoms with E-state index < -0.39 is 0 Å². The van der Waals surface area contributed by atoms with Gasteiger partial charge in [0.05, 0.1) is 12.1 Å². The second kappa shape index (κ2) is 12.4. The highest BCUT2D eigenvalue weighted by Crippen LogP contribution is 2.20. The minimum absolute atomic E-state index is 0.197. The van der Waals surface area contributed by atoms with Crippen molar-refractivity contribution >= 4 is 11.8 Å². The molecule has 2 amide bonds. The third kappa shape index (κ3) is 7.19. The molecule has 6 nitrogen and oxygen atoms in total. The zero-order chi connectivity index (χ0) is 26.2. The van der Waals surface area contributed by atoms with E-state index in [9.17, 15) is 18.4 Å². The Morgan fingerprint density at radius 1 is 0.667 bits per heavy atom. The molecule has 0 spiro atoms.